The number of hydrogen-bond donors (Lipinski definition) is 3. The summed E-state index contributed by atoms with van der Waals surface area (Å²) in [6.07, 6.45) is -0.0449. The summed E-state index contributed by atoms with van der Waals surface area (Å²) in [6, 6.07) is 5.79. The molecule has 158 valence electrons. The molecule has 8 nitrogen and oxygen atoms in total. The standard InChI is InChI=1S/C19H30N2O6S/c1-13-7-9-21(10-8-13)18-16(27-17(12-22)19(18)23)11-20-28(24,25)15-5-3-14(26-2)4-6-15/h3-6,13,16-20,22-23H,7-12H2,1-2H3. The molecule has 4 atom stereocenters. The van der Waals surface area contributed by atoms with Gasteiger partial charge in [0, 0.05) is 6.54 Å². The van der Waals surface area contributed by atoms with Gasteiger partial charge in [-0.3, -0.25) is 4.90 Å². The van der Waals surface area contributed by atoms with Crippen LogP contribution in [0.1, 0.15) is 19.8 Å². The first kappa shape index (κ1) is 21.5. The Morgan fingerprint density at radius 2 is 1.86 bits per heavy atom. The van der Waals surface area contributed by atoms with Gasteiger partial charge in [0.2, 0.25) is 10.0 Å². The molecule has 0 saturated carbocycles. The molecule has 0 aromatic heterocycles. The molecule has 0 radical (unpaired) electrons. The number of hydrogen-bond acceptors (Lipinski definition) is 7. The fourth-order valence-corrected chi connectivity index (χ4v) is 5.00. The van der Waals surface area contributed by atoms with E-state index in [1.54, 1.807) is 12.1 Å². The van der Waals surface area contributed by atoms with Gasteiger partial charge in [-0.1, -0.05) is 6.92 Å². The summed E-state index contributed by atoms with van der Waals surface area (Å²) >= 11 is 0. The van der Waals surface area contributed by atoms with Gasteiger partial charge < -0.3 is 19.7 Å². The normalized spacial score (nSPS) is 29.9. The Bertz CT molecular complexity index is 733. The second-order valence-corrected chi connectivity index (χ2v) is 9.39. The zero-order valence-electron chi connectivity index (χ0n) is 16.3. The SMILES string of the molecule is COc1ccc(S(=O)(=O)NCC2OC(CO)C(O)C2N2CCC(C)CC2)cc1. The average Bonchev–Trinajstić information content (AvgIpc) is 3.03. The molecule has 2 saturated heterocycles. The van der Waals surface area contributed by atoms with Gasteiger partial charge in [0.15, 0.2) is 0 Å². The van der Waals surface area contributed by atoms with Crippen LogP contribution in [-0.2, 0) is 14.8 Å². The monoisotopic (exact) mass is 414 g/mol. The van der Waals surface area contributed by atoms with Crippen LogP contribution in [0.25, 0.3) is 0 Å². The Labute approximate surface area is 166 Å². The fourth-order valence-electron chi connectivity index (χ4n) is 3.95. The van der Waals surface area contributed by atoms with E-state index in [-0.39, 0.29) is 24.1 Å². The largest absolute Gasteiger partial charge is 0.497 e. The van der Waals surface area contributed by atoms with E-state index in [0.29, 0.717) is 11.7 Å². The number of aliphatic hydroxyl groups is 2. The van der Waals surface area contributed by atoms with Crippen molar-refractivity contribution in [3.05, 3.63) is 24.3 Å². The number of likely N-dealkylation sites (tertiary alicyclic amines) is 1. The molecular formula is C19H30N2O6S. The van der Waals surface area contributed by atoms with Crippen molar-refractivity contribution in [2.75, 3.05) is 33.4 Å². The number of nitrogens with one attached hydrogen (secondary N) is 1. The number of piperidine rings is 1. The maximum Gasteiger partial charge on any atom is 0.240 e. The lowest BCUT2D eigenvalue weighted by Gasteiger charge is -2.38. The molecule has 28 heavy (non-hydrogen) atoms. The van der Waals surface area contributed by atoms with Crippen molar-refractivity contribution < 1.29 is 28.1 Å². The third-order valence-corrected chi connectivity index (χ3v) is 7.16. The minimum Gasteiger partial charge on any atom is -0.497 e. The van der Waals surface area contributed by atoms with E-state index < -0.39 is 28.3 Å². The van der Waals surface area contributed by atoms with Gasteiger partial charge in [0.05, 0.1) is 30.8 Å². The number of rotatable bonds is 7. The number of sulfonamides is 1. The van der Waals surface area contributed by atoms with Gasteiger partial charge in [-0.25, -0.2) is 13.1 Å². The molecule has 2 fully saturated rings. The average molecular weight is 415 g/mol. The second-order valence-electron chi connectivity index (χ2n) is 7.62. The van der Waals surface area contributed by atoms with Crippen LogP contribution in [-0.4, -0.2) is 81.2 Å². The second kappa shape index (κ2) is 9.06. The summed E-state index contributed by atoms with van der Waals surface area (Å²) in [7, 11) is -2.21. The maximum absolute atomic E-state index is 12.6. The van der Waals surface area contributed by atoms with E-state index in [4.69, 9.17) is 9.47 Å². The Balaban J connectivity index is 1.69. The highest BCUT2D eigenvalue weighted by Crippen LogP contribution is 2.29. The van der Waals surface area contributed by atoms with Crippen molar-refractivity contribution in [1.29, 1.82) is 0 Å². The van der Waals surface area contributed by atoms with Crippen LogP contribution in [0.4, 0.5) is 0 Å². The molecule has 2 aliphatic rings. The Kier molecular flexibility index (Phi) is 6.95. The van der Waals surface area contributed by atoms with Crippen molar-refractivity contribution in [2.24, 2.45) is 5.92 Å². The smallest absolute Gasteiger partial charge is 0.240 e. The molecule has 0 bridgehead atoms. The summed E-state index contributed by atoms with van der Waals surface area (Å²) in [5.74, 6) is 1.21. The van der Waals surface area contributed by atoms with Gasteiger partial charge in [0.25, 0.3) is 0 Å². The van der Waals surface area contributed by atoms with Crippen LogP contribution < -0.4 is 9.46 Å². The molecule has 0 aliphatic carbocycles. The summed E-state index contributed by atoms with van der Waals surface area (Å²) in [4.78, 5) is 2.29. The molecule has 4 unspecified atom stereocenters. The Hall–Kier alpha value is -1.23. The van der Waals surface area contributed by atoms with E-state index in [2.05, 4.69) is 16.5 Å². The summed E-state index contributed by atoms with van der Waals surface area (Å²) in [6.45, 7) is 3.58. The summed E-state index contributed by atoms with van der Waals surface area (Å²) < 4.78 is 38.7. The van der Waals surface area contributed by atoms with Gasteiger partial charge in [-0.2, -0.15) is 0 Å². The highest BCUT2D eigenvalue weighted by Gasteiger charge is 2.46. The first-order valence-electron chi connectivity index (χ1n) is 9.68. The van der Waals surface area contributed by atoms with Crippen LogP contribution in [0, 0.1) is 5.92 Å². The van der Waals surface area contributed by atoms with Gasteiger partial charge in [0.1, 0.15) is 18.0 Å². The van der Waals surface area contributed by atoms with Gasteiger partial charge in [-0.05, 0) is 56.1 Å². The van der Waals surface area contributed by atoms with Gasteiger partial charge in [-0.15, -0.1) is 0 Å². The molecule has 9 heteroatoms. The van der Waals surface area contributed by atoms with E-state index >= 15 is 0 Å². The van der Waals surface area contributed by atoms with Crippen LogP contribution in [0.5, 0.6) is 5.75 Å². The lowest BCUT2D eigenvalue weighted by molar-refractivity contribution is -0.0201. The number of methoxy groups -OCH3 is 1. The third-order valence-electron chi connectivity index (χ3n) is 5.73. The van der Waals surface area contributed by atoms with E-state index in [1.165, 1.54) is 19.2 Å². The van der Waals surface area contributed by atoms with Crippen molar-refractivity contribution in [3.8, 4) is 5.75 Å². The molecule has 2 heterocycles. The molecule has 2 aliphatic heterocycles. The van der Waals surface area contributed by atoms with Crippen LogP contribution >= 0.6 is 0 Å². The quantitative estimate of drug-likeness (QED) is 0.585. The summed E-state index contributed by atoms with van der Waals surface area (Å²) in [5, 5.41) is 20.1. The molecule has 1 aromatic rings. The molecule has 0 amide bonds. The Morgan fingerprint density at radius 3 is 2.43 bits per heavy atom. The van der Waals surface area contributed by atoms with Gasteiger partial charge >= 0.3 is 0 Å². The van der Waals surface area contributed by atoms with E-state index in [9.17, 15) is 18.6 Å². The van der Waals surface area contributed by atoms with Crippen molar-refractivity contribution >= 4 is 10.0 Å². The highest BCUT2D eigenvalue weighted by molar-refractivity contribution is 7.89. The van der Waals surface area contributed by atoms with Crippen molar-refractivity contribution in [3.63, 3.8) is 0 Å². The van der Waals surface area contributed by atoms with E-state index in [1.807, 2.05) is 0 Å². The van der Waals surface area contributed by atoms with Crippen LogP contribution in [0.2, 0.25) is 0 Å². The molecule has 0 spiro atoms. The molecule has 1 aromatic carbocycles. The predicted octanol–water partition coefficient (Wildman–Crippen LogP) is 0.195. The highest BCUT2D eigenvalue weighted by atomic mass is 32.2. The fraction of sp³-hybridized carbons (Fsp3) is 0.684. The number of nitrogens with zero attached hydrogens (tertiary/aromatic N) is 1. The Morgan fingerprint density at radius 1 is 1.21 bits per heavy atom. The van der Waals surface area contributed by atoms with E-state index in [0.717, 1.165) is 25.9 Å². The minimum absolute atomic E-state index is 0.0264. The lowest BCUT2D eigenvalue weighted by Crippen LogP contribution is -2.53. The first-order chi connectivity index (χ1) is 13.4. The maximum atomic E-state index is 12.6. The minimum atomic E-state index is -3.73. The zero-order chi connectivity index (χ0) is 20.3. The first-order valence-corrected chi connectivity index (χ1v) is 11.2. The predicted molar refractivity (Wildman–Crippen MR) is 104 cm³/mol. The van der Waals surface area contributed by atoms with Crippen molar-refractivity contribution in [2.45, 2.75) is 49.0 Å². The molecular weight excluding hydrogens is 384 g/mol. The topological polar surface area (TPSA) is 108 Å². The lowest BCUT2D eigenvalue weighted by atomic mass is 9.94. The number of ether oxygens (including phenoxy) is 2. The number of aliphatic hydroxyl groups excluding tert-OH is 2. The molecule has 3 rings (SSSR count). The zero-order valence-corrected chi connectivity index (χ0v) is 17.1. The van der Waals surface area contributed by atoms with Crippen molar-refractivity contribution in [1.82, 2.24) is 9.62 Å². The third kappa shape index (κ3) is 4.67. The summed E-state index contributed by atoms with van der Waals surface area (Å²) in [5.41, 5.74) is 0. The van der Waals surface area contributed by atoms with Crippen LogP contribution in [0.15, 0.2) is 29.2 Å². The molecule has 3 N–H and O–H groups in total. The van der Waals surface area contributed by atoms with Crippen LogP contribution in [0.3, 0.4) is 0 Å². The number of benzene rings is 1.